The predicted octanol–water partition coefficient (Wildman–Crippen LogP) is 4.13. The molecule has 4 aromatic rings. The summed E-state index contributed by atoms with van der Waals surface area (Å²) in [6.07, 6.45) is 4.92. The number of amides is 1. The fraction of sp³-hybridized carbons (Fsp3) is 0.0476. The van der Waals surface area contributed by atoms with Crippen LogP contribution in [0, 0.1) is 17.5 Å². The molecule has 1 N–H and O–H groups in total. The van der Waals surface area contributed by atoms with Gasteiger partial charge in [-0.25, -0.2) is 13.8 Å². The zero-order chi connectivity index (χ0) is 22.7. The van der Waals surface area contributed by atoms with E-state index in [2.05, 4.69) is 25.2 Å². The molecule has 0 aliphatic rings. The average Bonchev–Trinajstić information content (AvgIpc) is 3.33. The molecule has 0 unspecified atom stereocenters. The van der Waals surface area contributed by atoms with Gasteiger partial charge in [-0.1, -0.05) is 0 Å². The van der Waals surface area contributed by atoms with Gasteiger partial charge in [-0.05, 0) is 36.4 Å². The SMILES string of the molecule is COc1c(F)c(F)cc(C(=O)Nc2ccc(Oc3ccc(-n4ccnc4)nn3)cc2)c1F. The van der Waals surface area contributed by atoms with E-state index in [1.807, 2.05) is 0 Å². The highest BCUT2D eigenvalue weighted by molar-refractivity contribution is 6.04. The molecular weight excluding hydrogens is 427 g/mol. The van der Waals surface area contributed by atoms with Crippen LogP contribution in [0.4, 0.5) is 18.9 Å². The Hall–Kier alpha value is -4.41. The van der Waals surface area contributed by atoms with Crippen LogP contribution in [0.25, 0.3) is 5.82 Å². The van der Waals surface area contributed by atoms with E-state index in [9.17, 15) is 18.0 Å². The van der Waals surface area contributed by atoms with Crippen LogP contribution in [0.5, 0.6) is 17.4 Å². The molecule has 1 amide bonds. The number of hydrogen-bond acceptors (Lipinski definition) is 6. The third-order valence-electron chi connectivity index (χ3n) is 4.29. The van der Waals surface area contributed by atoms with Gasteiger partial charge in [0.2, 0.25) is 11.7 Å². The minimum Gasteiger partial charge on any atom is -0.491 e. The van der Waals surface area contributed by atoms with Gasteiger partial charge in [-0.2, -0.15) is 4.39 Å². The molecule has 0 spiro atoms. The number of nitrogens with zero attached hydrogens (tertiary/aromatic N) is 4. The first-order valence-electron chi connectivity index (χ1n) is 9.09. The van der Waals surface area contributed by atoms with E-state index >= 15 is 0 Å². The van der Waals surface area contributed by atoms with Gasteiger partial charge >= 0.3 is 0 Å². The molecule has 2 aromatic carbocycles. The maximum Gasteiger partial charge on any atom is 0.258 e. The van der Waals surface area contributed by atoms with Crippen LogP contribution in [-0.2, 0) is 0 Å². The third-order valence-corrected chi connectivity index (χ3v) is 4.29. The van der Waals surface area contributed by atoms with E-state index in [1.54, 1.807) is 35.4 Å². The van der Waals surface area contributed by atoms with Crippen LogP contribution in [0.15, 0.2) is 61.2 Å². The van der Waals surface area contributed by atoms with E-state index in [1.165, 1.54) is 24.3 Å². The number of halogens is 3. The first-order valence-corrected chi connectivity index (χ1v) is 9.09. The van der Waals surface area contributed by atoms with Crippen LogP contribution in [0.1, 0.15) is 10.4 Å². The quantitative estimate of drug-likeness (QED) is 0.453. The highest BCUT2D eigenvalue weighted by Crippen LogP contribution is 2.28. The molecule has 2 heterocycles. The predicted molar refractivity (Wildman–Crippen MR) is 106 cm³/mol. The molecule has 162 valence electrons. The lowest BCUT2D eigenvalue weighted by Gasteiger charge is -2.11. The molecule has 0 aliphatic carbocycles. The molecule has 0 saturated heterocycles. The summed E-state index contributed by atoms with van der Waals surface area (Å²) in [6.45, 7) is 0. The Morgan fingerprint density at radius 1 is 1.03 bits per heavy atom. The van der Waals surface area contributed by atoms with E-state index < -0.39 is 34.7 Å². The van der Waals surface area contributed by atoms with Crippen molar-refractivity contribution in [2.24, 2.45) is 0 Å². The van der Waals surface area contributed by atoms with Crippen molar-refractivity contribution in [2.45, 2.75) is 0 Å². The van der Waals surface area contributed by atoms with Gasteiger partial charge < -0.3 is 14.8 Å². The number of anilines is 1. The second-order valence-corrected chi connectivity index (χ2v) is 6.35. The van der Waals surface area contributed by atoms with Gasteiger partial charge in [0, 0.05) is 24.1 Å². The maximum atomic E-state index is 14.3. The summed E-state index contributed by atoms with van der Waals surface area (Å²) in [7, 11) is 0.969. The molecule has 0 fully saturated rings. The number of methoxy groups -OCH3 is 1. The summed E-state index contributed by atoms with van der Waals surface area (Å²) in [5.41, 5.74) is -0.429. The van der Waals surface area contributed by atoms with Gasteiger partial charge in [0.1, 0.15) is 12.1 Å². The lowest BCUT2D eigenvalue weighted by molar-refractivity contribution is 0.102. The number of aromatic nitrogens is 4. The van der Waals surface area contributed by atoms with E-state index in [-0.39, 0.29) is 11.6 Å². The van der Waals surface area contributed by atoms with Gasteiger partial charge in [0.15, 0.2) is 23.2 Å². The molecule has 0 atom stereocenters. The number of rotatable bonds is 6. The van der Waals surface area contributed by atoms with Crippen molar-refractivity contribution in [2.75, 3.05) is 12.4 Å². The van der Waals surface area contributed by atoms with Crippen LogP contribution >= 0.6 is 0 Å². The zero-order valence-electron chi connectivity index (χ0n) is 16.4. The molecule has 2 aromatic heterocycles. The van der Waals surface area contributed by atoms with Crippen LogP contribution in [0.3, 0.4) is 0 Å². The molecule has 4 rings (SSSR count). The van der Waals surface area contributed by atoms with Crippen molar-refractivity contribution in [3.8, 4) is 23.2 Å². The van der Waals surface area contributed by atoms with E-state index in [4.69, 9.17) is 4.74 Å². The van der Waals surface area contributed by atoms with Crippen LogP contribution < -0.4 is 14.8 Å². The van der Waals surface area contributed by atoms with E-state index in [0.29, 0.717) is 17.6 Å². The second kappa shape index (κ2) is 8.76. The number of nitrogens with one attached hydrogen (secondary N) is 1. The number of imidazole rings is 1. The second-order valence-electron chi connectivity index (χ2n) is 6.35. The maximum absolute atomic E-state index is 14.3. The van der Waals surface area contributed by atoms with Gasteiger partial charge in [-0.15, -0.1) is 10.2 Å². The van der Waals surface area contributed by atoms with Crippen LogP contribution in [-0.4, -0.2) is 32.8 Å². The van der Waals surface area contributed by atoms with Gasteiger partial charge in [0.05, 0.1) is 12.7 Å². The molecule has 0 bridgehead atoms. The summed E-state index contributed by atoms with van der Waals surface area (Å²) in [4.78, 5) is 16.3. The Labute approximate surface area is 179 Å². The normalized spacial score (nSPS) is 10.6. The molecule has 11 heteroatoms. The molecule has 0 aliphatic heterocycles. The Bertz CT molecular complexity index is 1250. The summed E-state index contributed by atoms with van der Waals surface area (Å²) in [5, 5.41) is 10.4. The minimum atomic E-state index is -1.51. The number of benzene rings is 2. The third kappa shape index (κ3) is 4.21. The molecule has 0 radical (unpaired) electrons. The largest absolute Gasteiger partial charge is 0.491 e. The molecule has 0 saturated carbocycles. The number of hydrogen-bond donors (Lipinski definition) is 1. The first-order chi connectivity index (χ1) is 15.5. The molecular formula is C21H14F3N5O3. The molecule has 8 nitrogen and oxygen atoms in total. The summed E-state index contributed by atoms with van der Waals surface area (Å²) < 4.78 is 53.2. The lowest BCUT2D eigenvalue weighted by atomic mass is 10.1. The summed E-state index contributed by atoms with van der Waals surface area (Å²) >= 11 is 0. The monoisotopic (exact) mass is 441 g/mol. The number of carbonyl (C=O) groups is 1. The fourth-order valence-corrected chi connectivity index (χ4v) is 2.75. The highest BCUT2D eigenvalue weighted by atomic mass is 19.2. The first kappa shape index (κ1) is 20.8. The Balaban J connectivity index is 1.44. The standard InChI is InChI=1S/C21H14F3N5O3/c1-31-20-18(23)14(10-15(22)19(20)24)21(30)26-12-2-4-13(5-3-12)32-17-7-6-16(27-28-17)29-9-8-25-11-29/h2-11H,1H3,(H,26,30). The summed E-state index contributed by atoms with van der Waals surface area (Å²) in [5.74, 6) is -4.97. The molecule has 32 heavy (non-hydrogen) atoms. The number of carbonyl (C=O) groups excluding carboxylic acids is 1. The Morgan fingerprint density at radius 3 is 2.44 bits per heavy atom. The van der Waals surface area contributed by atoms with Gasteiger partial charge in [-0.3, -0.25) is 9.36 Å². The summed E-state index contributed by atoms with van der Waals surface area (Å²) in [6, 6.07) is 9.81. The fourth-order valence-electron chi connectivity index (χ4n) is 2.75. The van der Waals surface area contributed by atoms with Crippen molar-refractivity contribution in [1.29, 1.82) is 0 Å². The van der Waals surface area contributed by atoms with Crippen molar-refractivity contribution in [3.05, 3.63) is 84.2 Å². The minimum absolute atomic E-state index is 0.238. The topological polar surface area (TPSA) is 91.2 Å². The van der Waals surface area contributed by atoms with Gasteiger partial charge in [0.25, 0.3) is 5.91 Å². The average molecular weight is 441 g/mol. The highest BCUT2D eigenvalue weighted by Gasteiger charge is 2.23. The van der Waals surface area contributed by atoms with Crippen molar-refractivity contribution in [3.63, 3.8) is 0 Å². The van der Waals surface area contributed by atoms with Crippen molar-refractivity contribution < 1.29 is 27.4 Å². The Morgan fingerprint density at radius 2 is 1.81 bits per heavy atom. The smallest absolute Gasteiger partial charge is 0.258 e. The number of ether oxygens (including phenoxy) is 2. The van der Waals surface area contributed by atoms with Crippen molar-refractivity contribution >= 4 is 11.6 Å². The van der Waals surface area contributed by atoms with E-state index in [0.717, 1.165) is 7.11 Å². The Kier molecular flexibility index (Phi) is 5.71. The lowest BCUT2D eigenvalue weighted by Crippen LogP contribution is -2.15. The zero-order valence-corrected chi connectivity index (χ0v) is 16.4. The van der Waals surface area contributed by atoms with Crippen LogP contribution in [0.2, 0.25) is 0 Å². The van der Waals surface area contributed by atoms with Crippen molar-refractivity contribution in [1.82, 2.24) is 19.7 Å².